The van der Waals surface area contributed by atoms with Crippen LogP contribution in [0.15, 0.2) is 113 Å². The largest absolute Gasteiger partial charge is 0.494 e. The Hall–Kier alpha value is -4.93. The number of rotatable bonds is 10. The van der Waals surface area contributed by atoms with Gasteiger partial charge in [0.15, 0.2) is 5.88 Å². The Kier molecular flexibility index (Phi) is 8.61. The van der Waals surface area contributed by atoms with E-state index in [1.165, 1.54) is 12.1 Å². The molecule has 0 unspecified atom stereocenters. The number of hydrogen-bond acceptors (Lipinski definition) is 6. The number of aromatic nitrogens is 1. The van der Waals surface area contributed by atoms with Crippen LogP contribution in [0.25, 0.3) is 10.9 Å². The number of carbonyl (C=O) groups is 1. The number of hydrogen-bond donors (Lipinski definition) is 3. The normalized spacial score (nSPS) is 12.0. The van der Waals surface area contributed by atoms with E-state index in [1.807, 2.05) is 73.6 Å². The third-order valence-corrected chi connectivity index (χ3v) is 8.30. The molecule has 3 N–H and O–H groups in total. The Morgan fingerprint density at radius 1 is 0.884 bits per heavy atom. The molecule has 4 aromatic carbocycles. The van der Waals surface area contributed by atoms with Crippen LogP contribution in [0.3, 0.4) is 0 Å². The topological polar surface area (TPSA) is 118 Å². The van der Waals surface area contributed by atoms with Crippen molar-refractivity contribution in [2.45, 2.75) is 11.8 Å². The van der Waals surface area contributed by atoms with Crippen molar-refractivity contribution in [2.24, 2.45) is 4.99 Å². The zero-order chi connectivity index (χ0) is 30.6. The van der Waals surface area contributed by atoms with E-state index in [2.05, 4.69) is 9.71 Å². The van der Waals surface area contributed by atoms with Gasteiger partial charge in [0.25, 0.3) is 10.0 Å². The SMILES string of the molecule is CC(=O)N(CCN(C)C)c1ccc(N=C(c2ccccc2)c2c(O)[nH]c3ccc(S(=O)(=O)Nc4ccccc4)cc23)cc1. The van der Waals surface area contributed by atoms with Gasteiger partial charge >= 0.3 is 0 Å². The van der Waals surface area contributed by atoms with Crippen LogP contribution in [-0.4, -0.2) is 62.2 Å². The fourth-order valence-electron chi connectivity index (χ4n) is 4.75. The number of aromatic hydroxyl groups is 1. The second kappa shape index (κ2) is 12.5. The van der Waals surface area contributed by atoms with Crippen molar-refractivity contribution in [1.29, 1.82) is 0 Å². The number of benzene rings is 4. The Bertz CT molecular complexity index is 1870. The van der Waals surface area contributed by atoms with Gasteiger partial charge in [-0.3, -0.25) is 9.52 Å². The molecular weight excluding hydrogens is 562 g/mol. The average Bonchev–Trinajstić information content (AvgIpc) is 3.32. The first-order chi connectivity index (χ1) is 20.6. The number of anilines is 2. The lowest BCUT2D eigenvalue weighted by Crippen LogP contribution is -2.35. The van der Waals surface area contributed by atoms with Gasteiger partial charge in [-0.15, -0.1) is 0 Å². The van der Waals surface area contributed by atoms with Crippen LogP contribution in [0, 0.1) is 0 Å². The number of sulfonamides is 1. The van der Waals surface area contributed by atoms with Gasteiger partial charge in [-0.25, -0.2) is 13.4 Å². The summed E-state index contributed by atoms with van der Waals surface area (Å²) >= 11 is 0. The summed E-state index contributed by atoms with van der Waals surface area (Å²) in [5, 5.41) is 11.6. The second-order valence-corrected chi connectivity index (χ2v) is 12.0. The summed E-state index contributed by atoms with van der Waals surface area (Å²) in [6, 6.07) is 30.0. The number of carbonyl (C=O) groups excluding carboxylic acids is 1. The molecule has 5 aromatic rings. The molecule has 0 aliphatic carbocycles. The first-order valence-electron chi connectivity index (χ1n) is 13.7. The van der Waals surface area contributed by atoms with Crippen molar-refractivity contribution in [3.05, 3.63) is 114 Å². The van der Waals surface area contributed by atoms with E-state index in [-0.39, 0.29) is 16.7 Å². The zero-order valence-corrected chi connectivity index (χ0v) is 25.0. The maximum atomic E-state index is 13.3. The van der Waals surface area contributed by atoms with Crippen molar-refractivity contribution in [3.8, 4) is 5.88 Å². The predicted octanol–water partition coefficient (Wildman–Crippen LogP) is 5.76. The van der Waals surface area contributed by atoms with Crippen LogP contribution in [0.2, 0.25) is 0 Å². The zero-order valence-electron chi connectivity index (χ0n) is 24.2. The van der Waals surface area contributed by atoms with Crippen molar-refractivity contribution in [3.63, 3.8) is 0 Å². The van der Waals surface area contributed by atoms with Gasteiger partial charge in [-0.05, 0) is 68.7 Å². The summed E-state index contributed by atoms with van der Waals surface area (Å²) in [7, 11) is 0.00338. The third kappa shape index (κ3) is 6.77. The van der Waals surface area contributed by atoms with Crippen LogP contribution in [-0.2, 0) is 14.8 Å². The predicted molar refractivity (Wildman–Crippen MR) is 172 cm³/mol. The minimum absolute atomic E-state index is 0.0444. The van der Waals surface area contributed by atoms with Gasteiger partial charge in [0, 0.05) is 47.9 Å². The van der Waals surface area contributed by atoms with E-state index in [4.69, 9.17) is 4.99 Å². The van der Waals surface area contributed by atoms with Crippen molar-refractivity contribution in [2.75, 3.05) is 36.8 Å². The van der Waals surface area contributed by atoms with E-state index in [1.54, 1.807) is 48.2 Å². The van der Waals surface area contributed by atoms with Crippen LogP contribution in [0.4, 0.5) is 17.1 Å². The summed E-state index contributed by atoms with van der Waals surface area (Å²) < 4.78 is 29.1. The summed E-state index contributed by atoms with van der Waals surface area (Å²) in [6.07, 6.45) is 0. The number of aliphatic imine (C=N–C) groups is 1. The molecule has 0 radical (unpaired) electrons. The van der Waals surface area contributed by atoms with Gasteiger partial charge in [-0.1, -0.05) is 48.5 Å². The van der Waals surface area contributed by atoms with Crippen molar-refractivity contribution in [1.82, 2.24) is 9.88 Å². The lowest BCUT2D eigenvalue weighted by atomic mass is 10.0. The van der Waals surface area contributed by atoms with E-state index >= 15 is 0 Å². The summed E-state index contributed by atoms with van der Waals surface area (Å²) in [5.41, 5.74) is 3.92. The number of amides is 1. The fourth-order valence-corrected chi connectivity index (χ4v) is 5.83. The molecule has 5 rings (SSSR count). The molecule has 1 amide bonds. The lowest BCUT2D eigenvalue weighted by Gasteiger charge is -2.23. The second-order valence-electron chi connectivity index (χ2n) is 10.3. The van der Waals surface area contributed by atoms with Crippen LogP contribution in [0.5, 0.6) is 5.88 Å². The molecule has 1 heterocycles. The molecule has 9 nitrogen and oxygen atoms in total. The molecule has 0 saturated heterocycles. The molecule has 0 bridgehead atoms. The summed E-state index contributed by atoms with van der Waals surface area (Å²) in [5.74, 6) is -0.189. The highest BCUT2D eigenvalue weighted by molar-refractivity contribution is 7.92. The quantitative estimate of drug-likeness (QED) is 0.178. The highest BCUT2D eigenvalue weighted by Gasteiger charge is 2.22. The number of para-hydroxylation sites is 1. The van der Waals surface area contributed by atoms with Gasteiger partial charge in [0.2, 0.25) is 5.91 Å². The molecule has 0 fully saturated rings. The molecule has 0 spiro atoms. The average molecular weight is 596 g/mol. The first-order valence-corrected chi connectivity index (χ1v) is 15.2. The Morgan fingerprint density at radius 2 is 1.53 bits per heavy atom. The highest BCUT2D eigenvalue weighted by atomic mass is 32.2. The van der Waals surface area contributed by atoms with E-state index in [0.29, 0.717) is 40.1 Å². The molecule has 10 heteroatoms. The van der Waals surface area contributed by atoms with Crippen molar-refractivity contribution < 1.29 is 18.3 Å². The highest BCUT2D eigenvalue weighted by Crippen LogP contribution is 2.33. The third-order valence-electron chi connectivity index (χ3n) is 6.92. The standard InChI is InChI=1S/C33H33N5O4S/c1-23(39)38(21-20-37(2)3)27-16-14-25(15-17-27)34-32(24-10-6-4-7-11-24)31-29-22-28(18-19-30(29)35-33(31)40)43(41,42)36-26-12-8-5-9-13-26/h4-19,22,35-36,40H,20-21H2,1-3H3. The number of nitrogens with zero attached hydrogens (tertiary/aromatic N) is 3. The molecule has 43 heavy (non-hydrogen) atoms. The fraction of sp³-hybridized carbons (Fsp3) is 0.152. The number of aromatic amines is 1. The summed E-state index contributed by atoms with van der Waals surface area (Å²) in [6.45, 7) is 2.81. The molecule has 220 valence electrons. The Morgan fingerprint density at radius 3 is 2.16 bits per heavy atom. The maximum absolute atomic E-state index is 13.3. The van der Waals surface area contributed by atoms with E-state index in [0.717, 1.165) is 17.8 Å². The minimum Gasteiger partial charge on any atom is -0.494 e. The van der Waals surface area contributed by atoms with Gasteiger partial charge < -0.3 is 19.9 Å². The smallest absolute Gasteiger partial charge is 0.261 e. The van der Waals surface area contributed by atoms with Gasteiger partial charge in [0.1, 0.15) is 0 Å². The molecule has 0 aliphatic rings. The van der Waals surface area contributed by atoms with Gasteiger partial charge in [-0.2, -0.15) is 0 Å². The van der Waals surface area contributed by atoms with Crippen LogP contribution in [0.1, 0.15) is 18.1 Å². The number of fused-ring (bicyclic) bond motifs is 1. The molecule has 0 atom stereocenters. The first kappa shape index (κ1) is 29.6. The van der Waals surface area contributed by atoms with E-state index < -0.39 is 10.0 Å². The monoisotopic (exact) mass is 595 g/mol. The molecule has 1 aromatic heterocycles. The Balaban J connectivity index is 1.58. The molecular formula is C33H33N5O4S. The number of H-pyrrole nitrogens is 1. The maximum Gasteiger partial charge on any atom is 0.261 e. The van der Waals surface area contributed by atoms with Crippen molar-refractivity contribution >= 4 is 49.6 Å². The summed E-state index contributed by atoms with van der Waals surface area (Å²) in [4.78, 5) is 24.0. The minimum atomic E-state index is -3.91. The van der Waals surface area contributed by atoms with E-state index in [9.17, 15) is 18.3 Å². The number of nitrogens with one attached hydrogen (secondary N) is 2. The van der Waals surface area contributed by atoms with Crippen LogP contribution >= 0.6 is 0 Å². The molecule has 0 saturated carbocycles. The number of likely N-dealkylation sites (N-methyl/N-ethyl adjacent to an activating group) is 1. The molecule has 0 aliphatic heterocycles. The van der Waals surface area contributed by atoms with Crippen LogP contribution < -0.4 is 9.62 Å². The van der Waals surface area contributed by atoms with Gasteiger partial charge in [0.05, 0.1) is 21.9 Å². The lowest BCUT2D eigenvalue weighted by molar-refractivity contribution is -0.116. The Labute approximate surface area is 251 Å².